The fraction of sp³-hybridized carbons (Fsp3) is 0.364. The van der Waals surface area contributed by atoms with Crippen LogP contribution in [0.2, 0.25) is 0 Å². The van der Waals surface area contributed by atoms with Gasteiger partial charge in [-0.15, -0.1) is 0 Å². The SMILES string of the molecule is CNC(=O)NC(C)c1ccc(C)cc1. The lowest BCUT2D eigenvalue weighted by Gasteiger charge is -2.13. The standard InChI is InChI=1S/C11H16N2O/c1-8-4-6-10(7-5-8)9(2)13-11(14)12-3/h4-7,9H,1-3H3,(H2,12,13,14). The van der Waals surface area contributed by atoms with Crippen LogP contribution in [0.5, 0.6) is 0 Å². The Hall–Kier alpha value is -1.51. The summed E-state index contributed by atoms with van der Waals surface area (Å²) in [5, 5.41) is 5.34. The second-order valence-electron chi connectivity index (χ2n) is 3.36. The summed E-state index contributed by atoms with van der Waals surface area (Å²) in [7, 11) is 1.61. The Morgan fingerprint density at radius 2 is 1.86 bits per heavy atom. The average Bonchev–Trinajstić information content (AvgIpc) is 2.18. The molecule has 1 atom stereocenters. The number of aryl methyl sites for hydroxylation is 1. The van der Waals surface area contributed by atoms with E-state index in [0.29, 0.717) is 0 Å². The minimum absolute atomic E-state index is 0.0375. The molecule has 0 heterocycles. The highest BCUT2D eigenvalue weighted by Gasteiger charge is 2.06. The van der Waals surface area contributed by atoms with Crippen LogP contribution in [0, 0.1) is 6.92 Å². The van der Waals surface area contributed by atoms with Gasteiger partial charge in [-0.1, -0.05) is 29.8 Å². The van der Waals surface area contributed by atoms with E-state index in [9.17, 15) is 4.79 Å². The monoisotopic (exact) mass is 192 g/mol. The molecule has 0 radical (unpaired) electrons. The van der Waals surface area contributed by atoms with E-state index in [0.717, 1.165) is 5.56 Å². The molecule has 0 aliphatic heterocycles. The lowest BCUT2D eigenvalue weighted by Crippen LogP contribution is -2.34. The maximum absolute atomic E-state index is 11.0. The summed E-state index contributed by atoms with van der Waals surface area (Å²) in [6.45, 7) is 4.00. The quantitative estimate of drug-likeness (QED) is 0.739. The van der Waals surface area contributed by atoms with Crippen LogP contribution >= 0.6 is 0 Å². The van der Waals surface area contributed by atoms with Crippen molar-refractivity contribution < 1.29 is 4.79 Å². The number of rotatable bonds is 2. The van der Waals surface area contributed by atoms with E-state index in [4.69, 9.17) is 0 Å². The molecule has 2 amide bonds. The Bertz CT molecular complexity index is 306. The van der Waals surface area contributed by atoms with Gasteiger partial charge in [-0.25, -0.2) is 4.79 Å². The van der Waals surface area contributed by atoms with E-state index in [1.54, 1.807) is 7.05 Å². The molecule has 1 aromatic rings. The number of urea groups is 1. The fourth-order valence-corrected chi connectivity index (χ4v) is 1.21. The summed E-state index contributed by atoms with van der Waals surface area (Å²) in [5.41, 5.74) is 2.33. The Labute approximate surface area is 84.5 Å². The van der Waals surface area contributed by atoms with Crippen molar-refractivity contribution >= 4 is 6.03 Å². The highest BCUT2D eigenvalue weighted by atomic mass is 16.2. The molecule has 0 aliphatic rings. The summed E-state index contributed by atoms with van der Waals surface area (Å²) >= 11 is 0. The summed E-state index contributed by atoms with van der Waals surface area (Å²) in [6, 6.07) is 8.01. The van der Waals surface area contributed by atoms with Crippen LogP contribution in [0.3, 0.4) is 0 Å². The first-order valence-corrected chi connectivity index (χ1v) is 4.68. The van der Waals surface area contributed by atoms with Crippen LogP contribution in [0.1, 0.15) is 24.1 Å². The minimum atomic E-state index is -0.155. The lowest BCUT2D eigenvalue weighted by atomic mass is 10.1. The van der Waals surface area contributed by atoms with Gasteiger partial charge in [0.15, 0.2) is 0 Å². The zero-order chi connectivity index (χ0) is 10.6. The Morgan fingerprint density at radius 3 is 2.36 bits per heavy atom. The normalized spacial score (nSPS) is 11.9. The van der Waals surface area contributed by atoms with Crippen LogP contribution in [0.4, 0.5) is 4.79 Å². The maximum Gasteiger partial charge on any atom is 0.315 e. The molecule has 1 unspecified atom stereocenters. The molecule has 2 N–H and O–H groups in total. The highest BCUT2D eigenvalue weighted by Crippen LogP contribution is 2.12. The summed E-state index contributed by atoms with van der Waals surface area (Å²) < 4.78 is 0. The summed E-state index contributed by atoms with van der Waals surface area (Å²) in [5.74, 6) is 0. The van der Waals surface area contributed by atoms with Gasteiger partial charge in [0.1, 0.15) is 0 Å². The van der Waals surface area contributed by atoms with E-state index in [1.807, 2.05) is 38.1 Å². The molecule has 1 aromatic carbocycles. The molecule has 0 aliphatic carbocycles. The number of nitrogens with one attached hydrogen (secondary N) is 2. The van der Waals surface area contributed by atoms with Crippen LogP contribution in [0.15, 0.2) is 24.3 Å². The molecule has 14 heavy (non-hydrogen) atoms. The van der Waals surface area contributed by atoms with E-state index >= 15 is 0 Å². The molecule has 3 heteroatoms. The molecule has 0 spiro atoms. The van der Waals surface area contributed by atoms with Crippen molar-refractivity contribution in [1.82, 2.24) is 10.6 Å². The fourth-order valence-electron chi connectivity index (χ4n) is 1.21. The topological polar surface area (TPSA) is 41.1 Å². The van der Waals surface area contributed by atoms with E-state index in [2.05, 4.69) is 10.6 Å². The Morgan fingerprint density at radius 1 is 1.29 bits per heavy atom. The Kier molecular flexibility index (Phi) is 3.51. The van der Waals surface area contributed by atoms with Gasteiger partial charge in [-0.3, -0.25) is 0 Å². The second-order valence-corrected chi connectivity index (χ2v) is 3.36. The minimum Gasteiger partial charge on any atom is -0.341 e. The molecular formula is C11H16N2O. The molecule has 0 fully saturated rings. The average molecular weight is 192 g/mol. The van der Waals surface area contributed by atoms with Gasteiger partial charge in [-0.2, -0.15) is 0 Å². The first-order valence-electron chi connectivity index (χ1n) is 4.68. The van der Waals surface area contributed by atoms with Crippen LogP contribution in [-0.2, 0) is 0 Å². The van der Waals surface area contributed by atoms with Gasteiger partial charge in [0.05, 0.1) is 6.04 Å². The predicted octanol–water partition coefficient (Wildman–Crippen LogP) is 1.99. The first kappa shape index (κ1) is 10.6. The third-order valence-electron chi connectivity index (χ3n) is 2.15. The van der Waals surface area contributed by atoms with E-state index in [-0.39, 0.29) is 12.1 Å². The van der Waals surface area contributed by atoms with Crippen molar-refractivity contribution in [3.8, 4) is 0 Å². The number of amides is 2. The van der Waals surface area contributed by atoms with Gasteiger partial charge in [0.25, 0.3) is 0 Å². The number of hydrogen-bond acceptors (Lipinski definition) is 1. The maximum atomic E-state index is 11.0. The molecule has 76 valence electrons. The van der Waals surface area contributed by atoms with Crippen molar-refractivity contribution in [1.29, 1.82) is 0 Å². The third-order valence-corrected chi connectivity index (χ3v) is 2.15. The van der Waals surface area contributed by atoms with Gasteiger partial charge < -0.3 is 10.6 Å². The molecule has 0 saturated carbocycles. The predicted molar refractivity (Wildman–Crippen MR) is 57.2 cm³/mol. The smallest absolute Gasteiger partial charge is 0.315 e. The molecule has 3 nitrogen and oxygen atoms in total. The van der Waals surface area contributed by atoms with Gasteiger partial charge in [0, 0.05) is 7.05 Å². The van der Waals surface area contributed by atoms with E-state index < -0.39 is 0 Å². The number of carbonyl (C=O) groups excluding carboxylic acids is 1. The van der Waals surface area contributed by atoms with Crippen LogP contribution in [-0.4, -0.2) is 13.1 Å². The number of carbonyl (C=O) groups is 1. The first-order chi connectivity index (χ1) is 6.63. The highest BCUT2D eigenvalue weighted by molar-refractivity contribution is 5.73. The molecule has 0 aromatic heterocycles. The van der Waals surface area contributed by atoms with Gasteiger partial charge >= 0.3 is 6.03 Å². The van der Waals surface area contributed by atoms with Crippen molar-refractivity contribution in [2.24, 2.45) is 0 Å². The zero-order valence-electron chi connectivity index (χ0n) is 8.79. The van der Waals surface area contributed by atoms with Gasteiger partial charge in [-0.05, 0) is 19.4 Å². The van der Waals surface area contributed by atoms with Crippen molar-refractivity contribution in [2.75, 3.05) is 7.05 Å². The molecular weight excluding hydrogens is 176 g/mol. The zero-order valence-corrected chi connectivity index (χ0v) is 8.79. The van der Waals surface area contributed by atoms with Gasteiger partial charge in [0.2, 0.25) is 0 Å². The summed E-state index contributed by atoms with van der Waals surface area (Å²) in [4.78, 5) is 11.0. The summed E-state index contributed by atoms with van der Waals surface area (Å²) in [6.07, 6.45) is 0. The molecule has 0 bridgehead atoms. The van der Waals surface area contributed by atoms with Crippen LogP contribution in [0.25, 0.3) is 0 Å². The largest absolute Gasteiger partial charge is 0.341 e. The molecule has 0 saturated heterocycles. The van der Waals surface area contributed by atoms with Crippen molar-refractivity contribution in [3.05, 3.63) is 35.4 Å². The number of hydrogen-bond donors (Lipinski definition) is 2. The third kappa shape index (κ3) is 2.76. The second kappa shape index (κ2) is 4.65. The van der Waals surface area contributed by atoms with Crippen molar-refractivity contribution in [3.63, 3.8) is 0 Å². The number of benzene rings is 1. The van der Waals surface area contributed by atoms with E-state index in [1.165, 1.54) is 5.56 Å². The Balaban J connectivity index is 2.65. The molecule has 1 rings (SSSR count). The van der Waals surface area contributed by atoms with Crippen molar-refractivity contribution in [2.45, 2.75) is 19.9 Å². The lowest BCUT2D eigenvalue weighted by molar-refractivity contribution is 0.240. The van der Waals surface area contributed by atoms with Crippen LogP contribution < -0.4 is 10.6 Å².